The fraction of sp³-hybridized carbons (Fsp3) is 0.476. The van der Waals surface area contributed by atoms with Crippen molar-refractivity contribution < 1.29 is 33.0 Å². The van der Waals surface area contributed by atoms with Crippen LogP contribution in [0.1, 0.15) is 73.6 Å². The van der Waals surface area contributed by atoms with Crippen molar-refractivity contribution in [3.05, 3.63) is 99.1 Å². The first-order valence-corrected chi connectivity index (χ1v) is 19.2. The molecule has 0 radical (unpaired) electrons. The van der Waals surface area contributed by atoms with Crippen LogP contribution >= 0.6 is 11.6 Å². The number of carbonyl (C=O) groups excluding carboxylic acids is 2. The number of aliphatic hydroxyl groups is 1. The Morgan fingerprint density at radius 3 is 2.55 bits per heavy atom. The first-order chi connectivity index (χ1) is 25.7. The van der Waals surface area contributed by atoms with Gasteiger partial charge in [0.15, 0.2) is 11.6 Å². The van der Waals surface area contributed by atoms with E-state index in [0.717, 1.165) is 77.0 Å². The summed E-state index contributed by atoms with van der Waals surface area (Å²) in [6.45, 7) is 3.30. The molecule has 282 valence electrons. The van der Waals surface area contributed by atoms with Crippen molar-refractivity contribution in [2.75, 3.05) is 26.9 Å². The monoisotopic (exact) mass is 747 g/mol. The number of fused-ring (bicyclic) bond motifs is 2. The van der Waals surface area contributed by atoms with Crippen molar-refractivity contribution in [1.82, 2.24) is 15.1 Å². The van der Waals surface area contributed by atoms with Gasteiger partial charge in [0.1, 0.15) is 16.6 Å². The number of hydrogen-bond acceptors (Lipinski definition) is 6. The van der Waals surface area contributed by atoms with E-state index < -0.39 is 11.6 Å². The van der Waals surface area contributed by atoms with E-state index in [2.05, 4.69) is 23.5 Å². The molecule has 0 spiro atoms. The molecule has 3 aromatic rings. The van der Waals surface area contributed by atoms with Gasteiger partial charge in [-0.25, -0.2) is 8.78 Å². The Hall–Kier alpha value is -3.99. The van der Waals surface area contributed by atoms with E-state index in [1.165, 1.54) is 0 Å². The van der Waals surface area contributed by atoms with Gasteiger partial charge in [0.25, 0.3) is 5.91 Å². The molecule has 2 amide bonds. The average molecular weight is 748 g/mol. The van der Waals surface area contributed by atoms with Gasteiger partial charge >= 0.3 is 0 Å². The standard InChI is InChI=1S/C42H48ClF2N3O5/c1-25-28(7-3-9-37(25)52-2)23-48(31-14-15-31)42(51)38-33(22-30-20-29(21-36(38)46-30)41(50)47-18-4-8-32(47)24-49)27-12-10-26(11-13-27)6-5-19-53-40-35(45)17-16-34(44)39(40)43/h3,7,9-13,16-17,29-32,36,46,49H,4-6,8,14-15,18-24H2,1-2H3/t29-,30+,32?,36-/m1/s1. The lowest BCUT2D eigenvalue weighted by Crippen LogP contribution is -2.56. The zero-order valence-electron chi connectivity index (χ0n) is 30.4. The number of ether oxygens (including phenoxy) is 2. The number of piperidine rings is 1. The minimum atomic E-state index is -0.729. The number of amides is 2. The van der Waals surface area contributed by atoms with Gasteiger partial charge in [-0.05, 0) is 111 Å². The molecule has 4 aliphatic rings. The second kappa shape index (κ2) is 16.2. The predicted molar refractivity (Wildman–Crippen MR) is 200 cm³/mol. The molecule has 2 N–H and O–H groups in total. The summed E-state index contributed by atoms with van der Waals surface area (Å²) in [6, 6.07) is 15.9. The van der Waals surface area contributed by atoms with Crippen molar-refractivity contribution in [3.63, 3.8) is 0 Å². The van der Waals surface area contributed by atoms with Gasteiger partial charge in [0.05, 0.1) is 26.4 Å². The number of nitrogens with one attached hydrogen (secondary N) is 1. The lowest BCUT2D eigenvalue weighted by molar-refractivity contribution is -0.139. The first kappa shape index (κ1) is 37.3. The minimum Gasteiger partial charge on any atom is -0.496 e. The third kappa shape index (κ3) is 7.96. The summed E-state index contributed by atoms with van der Waals surface area (Å²) in [5.41, 5.74) is 5.85. The quantitative estimate of drug-likeness (QED) is 0.144. The molecule has 53 heavy (non-hydrogen) atoms. The van der Waals surface area contributed by atoms with Gasteiger partial charge in [-0.2, -0.15) is 0 Å². The SMILES string of the molecule is COc1cccc(CN(C(=O)C2=C(c3ccc(CCCOc4c(F)ccc(F)c4Cl)cc3)C[C@@H]3C[C@@H](C(=O)N4CCCC4CO)C[C@H]2N3)C2CC2)c1C. The Morgan fingerprint density at radius 1 is 1.04 bits per heavy atom. The Bertz CT molecular complexity index is 1870. The molecular weight excluding hydrogens is 700 g/mol. The highest BCUT2D eigenvalue weighted by molar-refractivity contribution is 6.32. The maximum atomic E-state index is 15.0. The van der Waals surface area contributed by atoms with Crippen LogP contribution in [0.2, 0.25) is 5.02 Å². The normalized spacial score (nSPS) is 22.6. The van der Waals surface area contributed by atoms with Gasteiger partial charge in [-0.15, -0.1) is 0 Å². The summed E-state index contributed by atoms with van der Waals surface area (Å²) < 4.78 is 39.1. The lowest BCUT2D eigenvalue weighted by atomic mass is 9.74. The van der Waals surface area contributed by atoms with Crippen LogP contribution < -0.4 is 14.8 Å². The molecule has 1 saturated carbocycles. The van der Waals surface area contributed by atoms with E-state index >= 15 is 0 Å². The highest BCUT2D eigenvalue weighted by Gasteiger charge is 2.46. The van der Waals surface area contributed by atoms with E-state index in [0.29, 0.717) is 45.2 Å². The van der Waals surface area contributed by atoms with Gasteiger partial charge in [0.2, 0.25) is 5.91 Å². The summed E-state index contributed by atoms with van der Waals surface area (Å²) in [4.78, 5) is 32.8. The number of aliphatic hydroxyl groups excluding tert-OH is 1. The highest BCUT2D eigenvalue weighted by Crippen LogP contribution is 2.42. The zero-order chi connectivity index (χ0) is 37.2. The molecule has 3 aliphatic heterocycles. The summed E-state index contributed by atoms with van der Waals surface area (Å²) in [5.74, 6) is -1.04. The van der Waals surface area contributed by atoms with Gasteiger partial charge in [-0.3, -0.25) is 9.59 Å². The van der Waals surface area contributed by atoms with Crippen LogP contribution in [-0.2, 0) is 22.6 Å². The Balaban J connectivity index is 1.14. The molecule has 2 saturated heterocycles. The molecule has 0 aromatic heterocycles. The van der Waals surface area contributed by atoms with Crippen LogP contribution in [-0.4, -0.2) is 77.8 Å². The fourth-order valence-corrected chi connectivity index (χ4v) is 8.67. The number of carbonyl (C=O) groups is 2. The van der Waals surface area contributed by atoms with Crippen LogP contribution in [0.4, 0.5) is 8.78 Å². The molecule has 8 nitrogen and oxygen atoms in total. The Kier molecular flexibility index (Phi) is 11.4. The molecule has 3 aromatic carbocycles. The number of halogens is 3. The smallest absolute Gasteiger partial charge is 0.252 e. The van der Waals surface area contributed by atoms with Crippen LogP contribution in [0.3, 0.4) is 0 Å². The summed E-state index contributed by atoms with van der Waals surface area (Å²) in [6.07, 6.45) is 6.65. The number of rotatable bonds is 13. The minimum absolute atomic E-state index is 0.00708. The molecule has 2 bridgehead atoms. The number of benzene rings is 3. The first-order valence-electron chi connectivity index (χ1n) is 18.9. The molecule has 3 heterocycles. The van der Waals surface area contributed by atoms with E-state index in [-0.39, 0.29) is 65.9 Å². The van der Waals surface area contributed by atoms with E-state index in [1.54, 1.807) is 7.11 Å². The number of nitrogens with zero attached hydrogens (tertiary/aromatic N) is 2. The van der Waals surface area contributed by atoms with Gasteiger partial charge < -0.3 is 29.7 Å². The molecule has 7 rings (SSSR count). The van der Waals surface area contributed by atoms with E-state index in [9.17, 15) is 23.5 Å². The lowest BCUT2D eigenvalue weighted by Gasteiger charge is -2.44. The number of aryl methyl sites for hydroxylation is 1. The van der Waals surface area contributed by atoms with Crippen molar-refractivity contribution in [2.45, 2.75) is 95.4 Å². The zero-order valence-corrected chi connectivity index (χ0v) is 31.1. The summed E-state index contributed by atoms with van der Waals surface area (Å²) in [5, 5.41) is 13.3. The topological polar surface area (TPSA) is 91.3 Å². The van der Waals surface area contributed by atoms with Gasteiger partial charge in [-0.1, -0.05) is 48.0 Å². The molecule has 1 aliphatic carbocycles. The fourth-order valence-electron chi connectivity index (χ4n) is 8.47. The van der Waals surface area contributed by atoms with Gasteiger partial charge in [0, 0.05) is 42.7 Å². The van der Waals surface area contributed by atoms with Crippen molar-refractivity contribution in [1.29, 1.82) is 0 Å². The second-order valence-corrected chi connectivity index (χ2v) is 15.3. The van der Waals surface area contributed by atoms with Crippen LogP contribution in [0.5, 0.6) is 11.5 Å². The largest absolute Gasteiger partial charge is 0.496 e. The third-order valence-corrected chi connectivity index (χ3v) is 11.8. The van der Waals surface area contributed by atoms with Crippen molar-refractivity contribution >= 4 is 29.0 Å². The highest BCUT2D eigenvalue weighted by atomic mass is 35.5. The molecular formula is C42H48ClF2N3O5. The summed E-state index contributed by atoms with van der Waals surface area (Å²) in [7, 11) is 1.66. The number of methoxy groups -OCH3 is 1. The van der Waals surface area contributed by atoms with E-state index in [1.807, 2.05) is 41.0 Å². The summed E-state index contributed by atoms with van der Waals surface area (Å²) >= 11 is 5.91. The van der Waals surface area contributed by atoms with Crippen LogP contribution in [0.25, 0.3) is 5.57 Å². The molecule has 4 atom stereocenters. The number of likely N-dealkylation sites (tertiary alicyclic amines) is 1. The molecule has 11 heteroatoms. The van der Waals surface area contributed by atoms with Crippen LogP contribution in [0.15, 0.2) is 60.2 Å². The van der Waals surface area contributed by atoms with Crippen molar-refractivity contribution in [3.8, 4) is 11.5 Å². The maximum absolute atomic E-state index is 15.0. The predicted octanol–water partition coefficient (Wildman–Crippen LogP) is 7.02. The van der Waals surface area contributed by atoms with E-state index in [4.69, 9.17) is 21.1 Å². The maximum Gasteiger partial charge on any atom is 0.252 e. The number of hydrogen-bond donors (Lipinski definition) is 2. The van der Waals surface area contributed by atoms with Crippen LogP contribution in [0, 0.1) is 24.5 Å². The van der Waals surface area contributed by atoms with Crippen molar-refractivity contribution in [2.24, 2.45) is 5.92 Å². The average Bonchev–Trinajstić information content (AvgIpc) is 3.90. The third-order valence-electron chi connectivity index (χ3n) is 11.5. The molecule has 3 fully saturated rings. The second-order valence-electron chi connectivity index (χ2n) is 14.9. The Labute approximate surface area is 315 Å². The molecule has 1 unspecified atom stereocenters. The Morgan fingerprint density at radius 2 is 1.81 bits per heavy atom.